The van der Waals surface area contributed by atoms with E-state index in [0.717, 1.165) is 22.2 Å². The summed E-state index contributed by atoms with van der Waals surface area (Å²) in [5.74, 6) is -1.27. The highest BCUT2D eigenvalue weighted by molar-refractivity contribution is 7.90. The first-order chi connectivity index (χ1) is 15.2. The van der Waals surface area contributed by atoms with Gasteiger partial charge in [0.25, 0.3) is 0 Å². The van der Waals surface area contributed by atoms with E-state index < -0.39 is 21.7 Å². The predicted molar refractivity (Wildman–Crippen MR) is 118 cm³/mol. The molecular weight excluding hydrogens is 432 g/mol. The fraction of sp³-hybridized carbons (Fsp3) is 0.304. The van der Waals surface area contributed by atoms with E-state index >= 15 is 0 Å². The Kier molecular flexibility index (Phi) is 6.75. The molecule has 9 heteroatoms. The van der Waals surface area contributed by atoms with Gasteiger partial charge in [0.15, 0.2) is 22.1 Å². The van der Waals surface area contributed by atoms with E-state index in [1.54, 1.807) is 36.6 Å². The van der Waals surface area contributed by atoms with E-state index in [9.17, 15) is 13.2 Å². The Morgan fingerprint density at radius 3 is 2.66 bits per heavy atom. The van der Waals surface area contributed by atoms with Crippen molar-refractivity contribution in [3.8, 4) is 12.2 Å². The number of benzene rings is 1. The van der Waals surface area contributed by atoms with Crippen LogP contribution in [0.1, 0.15) is 28.3 Å². The molecule has 1 N–H and O–H groups in total. The third-order valence-corrected chi connectivity index (χ3v) is 6.51. The normalized spacial score (nSPS) is 12.1. The molecule has 1 aromatic carbocycles. The van der Waals surface area contributed by atoms with Crippen LogP contribution in [0.25, 0.3) is 11.0 Å². The summed E-state index contributed by atoms with van der Waals surface area (Å²) >= 11 is 0. The fourth-order valence-electron chi connectivity index (χ4n) is 3.77. The number of nitrogens with zero attached hydrogens (tertiary/aromatic N) is 2. The van der Waals surface area contributed by atoms with Crippen LogP contribution >= 0.6 is 0 Å². The molecular formula is C23H24N2O6S. The van der Waals surface area contributed by atoms with Crippen molar-refractivity contribution in [2.75, 3.05) is 20.0 Å². The number of fused-ring (bicyclic) bond motifs is 1. The molecule has 0 aliphatic heterocycles. The number of hydrogen-bond donors (Lipinski definition) is 1. The first-order valence-corrected chi connectivity index (χ1v) is 11.6. The fourth-order valence-corrected chi connectivity index (χ4v) is 4.48. The maximum atomic E-state index is 12.6. The monoisotopic (exact) mass is 456 g/mol. The lowest BCUT2D eigenvalue weighted by Gasteiger charge is -2.15. The maximum absolute atomic E-state index is 12.6. The number of carbonyl (C=O) groups is 1. The van der Waals surface area contributed by atoms with Crippen LogP contribution in [-0.2, 0) is 30.7 Å². The zero-order valence-electron chi connectivity index (χ0n) is 18.2. The Morgan fingerprint density at radius 1 is 1.28 bits per heavy atom. The number of ether oxygens (including phenoxy) is 2. The van der Waals surface area contributed by atoms with Crippen molar-refractivity contribution in [1.29, 1.82) is 0 Å². The highest BCUT2D eigenvalue weighted by atomic mass is 32.2. The van der Waals surface area contributed by atoms with Gasteiger partial charge in [0, 0.05) is 30.1 Å². The highest BCUT2D eigenvalue weighted by Crippen LogP contribution is 2.33. The average molecular weight is 457 g/mol. The smallest absolute Gasteiger partial charge is 0.316 e. The first kappa shape index (κ1) is 23.2. The van der Waals surface area contributed by atoms with Crippen LogP contribution in [0.2, 0.25) is 0 Å². The molecule has 168 valence electrons. The van der Waals surface area contributed by atoms with Gasteiger partial charge in [-0.05, 0) is 54.8 Å². The molecule has 0 radical (unpaired) electrons. The number of pyridine rings is 1. The van der Waals surface area contributed by atoms with Gasteiger partial charge in [0.05, 0.1) is 12.0 Å². The standard InChI is InChI=1S/C23H24N2O6S/c1-15-12-18(32(4,28)29)8-7-17(15)13-25-16(2)21(19-6-5-9-24-22(19)25)20(23(27)30-3)14-31-11-10-26/h5-9,12,20,26H,13-14H2,1-4H3. The average Bonchev–Trinajstić information content (AvgIpc) is 3.03. The molecule has 0 saturated heterocycles. The van der Waals surface area contributed by atoms with Crippen LogP contribution in [0, 0.1) is 26.1 Å². The van der Waals surface area contributed by atoms with Crippen LogP contribution in [0.3, 0.4) is 0 Å². The Balaban J connectivity index is 2.12. The highest BCUT2D eigenvalue weighted by Gasteiger charge is 2.29. The summed E-state index contributed by atoms with van der Waals surface area (Å²) in [6.07, 6.45) is 6.60. The molecule has 0 saturated carbocycles. The van der Waals surface area contributed by atoms with Crippen molar-refractivity contribution < 1.29 is 27.8 Å². The van der Waals surface area contributed by atoms with Gasteiger partial charge >= 0.3 is 5.97 Å². The minimum absolute atomic E-state index is 0.100. The van der Waals surface area contributed by atoms with Crippen LogP contribution in [0.5, 0.6) is 0 Å². The molecule has 0 bridgehead atoms. The summed E-state index contributed by atoms with van der Waals surface area (Å²) in [7, 11) is -2.00. The minimum atomic E-state index is -3.30. The third kappa shape index (κ3) is 4.55. The number of aliphatic hydroxyl groups excluding tert-OH is 1. The molecule has 1 unspecified atom stereocenters. The molecule has 3 rings (SSSR count). The topological polar surface area (TPSA) is 108 Å². The van der Waals surface area contributed by atoms with Gasteiger partial charge < -0.3 is 19.1 Å². The molecule has 0 amide bonds. The van der Waals surface area contributed by atoms with E-state index in [4.69, 9.17) is 14.6 Å². The summed E-state index contributed by atoms with van der Waals surface area (Å²) < 4.78 is 35.8. The van der Waals surface area contributed by atoms with Gasteiger partial charge in [-0.25, -0.2) is 13.4 Å². The molecule has 0 aliphatic rings. The Labute approximate surface area is 186 Å². The molecule has 1 atom stereocenters. The number of rotatable bonds is 7. The molecule has 32 heavy (non-hydrogen) atoms. The SMILES string of the molecule is COC(=O)C(COC#CO)c1c(C)n(Cc2ccc(S(C)(=O)=O)cc2C)c2ncccc12. The first-order valence-electron chi connectivity index (χ1n) is 9.76. The molecule has 2 aromatic heterocycles. The maximum Gasteiger partial charge on any atom is 0.316 e. The minimum Gasteiger partial charge on any atom is -0.468 e. The van der Waals surface area contributed by atoms with Crippen molar-refractivity contribution in [1.82, 2.24) is 9.55 Å². The second-order valence-electron chi connectivity index (χ2n) is 7.42. The second kappa shape index (κ2) is 9.32. The number of aryl methyl sites for hydroxylation is 1. The number of aliphatic hydroxyl groups is 1. The lowest BCUT2D eigenvalue weighted by atomic mass is 9.97. The lowest BCUT2D eigenvalue weighted by Crippen LogP contribution is -2.20. The number of aromatic nitrogens is 2. The van der Waals surface area contributed by atoms with Crippen LogP contribution in [0.4, 0.5) is 0 Å². The van der Waals surface area contributed by atoms with Crippen molar-refractivity contribution in [3.63, 3.8) is 0 Å². The summed E-state index contributed by atoms with van der Waals surface area (Å²) in [6.45, 7) is 4.07. The summed E-state index contributed by atoms with van der Waals surface area (Å²) in [5, 5.41) is 9.45. The molecule has 0 fully saturated rings. The van der Waals surface area contributed by atoms with Crippen molar-refractivity contribution in [2.45, 2.75) is 31.2 Å². The summed E-state index contributed by atoms with van der Waals surface area (Å²) in [5.41, 5.74) is 3.92. The third-order valence-electron chi connectivity index (χ3n) is 5.40. The zero-order valence-corrected chi connectivity index (χ0v) is 19.1. The molecule has 0 aliphatic carbocycles. The van der Waals surface area contributed by atoms with E-state index in [-0.39, 0.29) is 11.5 Å². The van der Waals surface area contributed by atoms with Gasteiger partial charge in [0.1, 0.15) is 18.2 Å². The van der Waals surface area contributed by atoms with E-state index in [2.05, 4.69) is 11.1 Å². The Morgan fingerprint density at radius 2 is 2.03 bits per heavy atom. The lowest BCUT2D eigenvalue weighted by molar-refractivity contribution is -0.143. The molecule has 2 heterocycles. The summed E-state index contributed by atoms with van der Waals surface area (Å²) in [4.78, 5) is 17.3. The summed E-state index contributed by atoms with van der Waals surface area (Å²) in [6, 6.07) is 8.68. The van der Waals surface area contributed by atoms with Crippen LogP contribution < -0.4 is 0 Å². The van der Waals surface area contributed by atoms with E-state index in [0.29, 0.717) is 17.8 Å². The van der Waals surface area contributed by atoms with Gasteiger partial charge in [-0.3, -0.25) is 4.79 Å². The van der Waals surface area contributed by atoms with Gasteiger partial charge in [0.2, 0.25) is 0 Å². The Bertz CT molecular complexity index is 1330. The van der Waals surface area contributed by atoms with Gasteiger partial charge in [-0.1, -0.05) is 6.07 Å². The number of carbonyl (C=O) groups excluding carboxylic acids is 1. The molecule has 3 aromatic rings. The number of esters is 1. The number of methoxy groups -OCH3 is 1. The second-order valence-corrected chi connectivity index (χ2v) is 9.44. The quantitative estimate of drug-likeness (QED) is 0.430. The molecule has 0 spiro atoms. The predicted octanol–water partition coefficient (Wildman–Crippen LogP) is 2.67. The van der Waals surface area contributed by atoms with Gasteiger partial charge in [-0.2, -0.15) is 0 Å². The zero-order chi connectivity index (χ0) is 23.5. The van der Waals surface area contributed by atoms with E-state index in [1.165, 1.54) is 13.4 Å². The van der Waals surface area contributed by atoms with Crippen molar-refractivity contribution >= 4 is 26.8 Å². The number of sulfone groups is 1. The van der Waals surface area contributed by atoms with E-state index in [1.807, 2.05) is 24.5 Å². The number of hydrogen-bond acceptors (Lipinski definition) is 7. The van der Waals surface area contributed by atoms with Crippen LogP contribution in [-0.4, -0.2) is 49.0 Å². The largest absolute Gasteiger partial charge is 0.468 e. The Hall–Kier alpha value is -3.51. The van der Waals surface area contributed by atoms with Crippen LogP contribution in [0.15, 0.2) is 41.4 Å². The van der Waals surface area contributed by atoms with Crippen molar-refractivity contribution in [2.24, 2.45) is 0 Å². The molecule has 8 nitrogen and oxygen atoms in total. The van der Waals surface area contributed by atoms with Gasteiger partial charge in [-0.15, -0.1) is 0 Å². The van der Waals surface area contributed by atoms with Crippen molar-refractivity contribution in [3.05, 3.63) is 58.9 Å².